The van der Waals surface area contributed by atoms with Gasteiger partial charge in [0.25, 0.3) is 0 Å². The first kappa shape index (κ1) is 22.4. The maximum absolute atomic E-state index is 2.55. The van der Waals surface area contributed by atoms with Crippen LogP contribution in [0.4, 0.5) is 0 Å². The van der Waals surface area contributed by atoms with Crippen molar-refractivity contribution in [3.63, 3.8) is 0 Å². The van der Waals surface area contributed by atoms with Crippen molar-refractivity contribution in [3.8, 4) is 0 Å². The number of benzene rings is 2. The third-order valence-electron chi connectivity index (χ3n) is 4.94. The zero-order valence-electron chi connectivity index (χ0n) is 18.7. The van der Waals surface area contributed by atoms with Crippen molar-refractivity contribution in [2.24, 2.45) is 0 Å². The van der Waals surface area contributed by atoms with E-state index in [2.05, 4.69) is 124 Å². The van der Waals surface area contributed by atoms with Gasteiger partial charge in [0.1, 0.15) is 0 Å². The molecule has 2 aromatic rings. The molecule has 0 radical (unpaired) electrons. The fraction of sp³-hybridized carbons (Fsp3) is 0.462. The van der Waals surface area contributed by atoms with Crippen molar-refractivity contribution >= 4 is 0 Å². The lowest BCUT2D eigenvalue weighted by atomic mass is 9.96. The van der Waals surface area contributed by atoms with E-state index < -0.39 is 0 Å². The summed E-state index contributed by atoms with van der Waals surface area (Å²) in [6.45, 7) is 17.6. The Kier molecular flexibility index (Phi) is 8.03. The van der Waals surface area contributed by atoms with Crippen LogP contribution < -0.4 is 0 Å². The molecule has 0 N–H and O–H groups in total. The first-order chi connectivity index (χ1) is 13.2. The van der Waals surface area contributed by atoms with Gasteiger partial charge in [-0.15, -0.1) is 0 Å². The lowest BCUT2D eigenvalue weighted by Crippen LogP contribution is -2.52. The van der Waals surface area contributed by atoms with E-state index in [4.69, 9.17) is 0 Å². The SMILES string of the molecule is CC(C)(C)N(C/C=C\CN(Cc1ccccc1)Cc1ccccc1)C(C)(C)C. The quantitative estimate of drug-likeness (QED) is 0.509. The average Bonchev–Trinajstić information content (AvgIpc) is 2.61. The minimum Gasteiger partial charge on any atom is -0.291 e. The van der Waals surface area contributed by atoms with Crippen LogP contribution in [-0.4, -0.2) is 34.0 Å². The molecule has 2 heteroatoms. The fourth-order valence-electron chi connectivity index (χ4n) is 3.83. The van der Waals surface area contributed by atoms with Crippen LogP contribution in [0.5, 0.6) is 0 Å². The van der Waals surface area contributed by atoms with E-state index in [1.807, 2.05) is 0 Å². The third kappa shape index (κ3) is 7.61. The fourth-order valence-corrected chi connectivity index (χ4v) is 3.83. The standard InChI is InChI=1S/C26H38N2/c1-25(2,3)28(26(4,5)6)20-14-13-19-27(21-23-15-9-7-10-16-23)22-24-17-11-8-12-18-24/h7-18H,19-22H2,1-6H3/b14-13-. The van der Waals surface area contributed by atoms with Crippen molar-refractivity contribution < 1.29 is 0 Å². The van der Waals surface area contributed by atoms with Crippen LogP contribution in [0.1, 0.15) is 52.7 Å². The molecule has 0 aliphatic heterocycles. The molecule has 0 aromatic heterocycles. The second-order valence-electron chi connectivity index (χ2n) is 9.56. The first-order valence-electron chi connectivity index (χ1n) is 10.4. The number of hydrogen-bond acceptors (Lipinski definition) is 2. The Morgan fingerprint density at radius 2 is 1.00 bits per heavy atom. The van der Waals surface area contributed by atoms with Crippen molar-refractivity contribution in [1.29, 1.82) is 0 Å². The molecule has 152 valence electrons. The molecule has 28 heavy (non-hydrogen) atoms. The molecule has 2 nitrogen and oxygen atoms in total. The zero-order chi connectivity index (χ0) is 20.6. The largest absolute Gasteiger partial charge is 0.291 e. The summed E-state index contributed by atoms with van der Waals surface area (Å²) in [7, 11) is 0. The van der Waals surface area contributed by atoms with Gasteiger partial charge in [-0.1, -0.05) is 72.8 Å². The van der Waals surface area contributed by atoms with Gasteiger partial charge < -0.3 is 0 Å². The molecule has 0 bridgehead atoms. The topological polar surface area (TPSA) is 6.48 Å². The molecule has 0 atom stereocenters. The molecule has 0 unspecified atom stereocenters. The highest BCUT2D eigenvalue weighted by molar-refractivity contribution is 5.17. The monoisotopic (exact) mass is 378 g/mol. The van der Waals surface area contributed by atoms with Gasteiger partial charge in [-0.3, -0.25) is 9.80 Å². The Labute approximate surface area is 172 Å². The minimum absolute atomic E-state index is 0.149. The summed E-state index contributed by atoms with van der Waals surface area (Å²) < 4.78 is 0. The Bertz CT molecular complexity index is 650. The summed E-state index contributed by atoms with van der Waals surface area (Å²) in [5.74, 6) is 0. The van der Waals surface area contributed by atoms with E-state index in [9.17, 15) is 0 Å². The van der Waals surface area contributed by atoms with Gasteiger partial charge in [0.05, 0.1) is 0 Å². The Morgan fingerprint density at radius 1 is 0.607 bits per heavy atom. The molecule has 2 rings (SSSR count). The van der Waals surface area contributed by atoms with E-state index in [-0.39, 0.29) is 11.1 Å². The Hall–Kier alpha value is -1.90. The first-order valence-corrected chi connectivity index (χ1v) is 10.4. The van der Waals surface area contributed by atoms with Crippen LogP contribution >= 0.6 is 0 Å². The second kappa shape index (κ2) is 10.0. The molecule has 0 saturated carbocycles. The summed E-state index contributed by atoms with van der Waals surface area (Å²) in [5, 5.41) is 0. The lowest BCUT2D eigenvalue weighted by molar-refractivity contribution is 0.0518. The highest BCUT2D eigenvalue weighted by Gasteiger charge is 2.30. The van der Waals surface area contributed by atoms with Gasteiger partial charge in [0, 0.05) is 37.3 Å². The highest BCUT2D eigenvalue weighted by Crippen LogP contribution is 2.24. The third-order valence-corrected chi connectivity index (χ3v) is 4.94. The predicted molar refractivity (Wildman–Crippen MR) is 122 cm³/mol. The Morgan fingerprint density at radius 3 is 1.39 bits per heavy atom. The van der Waals surface area contributed by atoms with E-state index in [1.165, 1.54) is 11.1 Å². The molecule has 0 aliphatic carbocycles. The molecule has 0 heterocycles. The van der Waals surface area contributed by atoms with Crippen molar-refractivity contribution in [2.75, 3.05) is 13.1 Å². The number of hydrogen-bond donors (Lipinski definition) is 0. The van der Waals surface area contributed by atoms with Gasteiger partial charge in [-0.25, -0.2) is 0 Å². The van der Waals surface area contributed by atoms with Gasteiger partial charge in [-0.05, 0) is 52.7 Å². The van der Waals surface area contributed by atoms with E-state index in [1.54, 1.807) is 0 Å². The molecule has 0 saturated heterocycles. The average molecular weight is 379 g/mol. The molecular formula is C26H38N2. The number of rotatable bonds is 8. The van der Waals surface area contributed by atoms with Crippen molar-refractivity contribution in [1.82, 2.24) is 9.80 Å². The van der Waals surface area contributed by atoms with Crippen LogP contribution in [-0.2, 0) is 13.1 Å². The molecule has 0 aliphatic rings. The van der Waals surface area contributed by atoms with Crippen molar-refractivity contribution in [3.05, 3.63) is 83.9 Å². The molecule has 0 spiro atoms. The summed E-state index contributed by atoms with van der Waals surface area (Å²) in [5.41, 5.74) is 3.02. The van der Waals surface area contributed by atoms with Crippen LogP contribution in [0.3, 0.4) is 0 Å². The van der Waals surface area contributed by atoms with Gasteiger partial charge >= 0.3 is 0 Å². The summed E-state index contributed by atoms with van der Waals surface area (Å²) >= 11 is 0. The zero-order valence-corrected chi connectivity index (χ0v) is 18.7. The van der Waals surface area contributed by atoms with Crippen LogP contribution in [0, 0.1) is 0 Å². The molecular weight excluding hydrogens is 340 g/mol. The lowest BCUT2D eigenvalue weighted by Gasteiger charge is -2.45. The van der Waals surface area contributed by atoms with E-state index >= 15 is 0 Å². The van der Waals surface area contributed by atoms with Gasteiger partial charge in [0.2, 0.25) is 0 Å². The Balaban J connectivity index is 2.03. The summed E-state index contributed by atoms with van der Waals surface area (Å²) in [4.78, 5) is 5.05. The van der Waals surface area contributed by atoms with Gasteiger partial charge in [-0.2, -0.15) is 0 Å². The number of nitrogens with zero attached hydrogens (tertiary/aromatic N) is 2. The smallest absolute Gasteiger partial charge is 0.0240 e. The van der Waals surface area contributed by atoms with Crippen LogP contribution in [0.25, 0.3) is 0 Å². The minimum atomic E-state index is 0.149. The van der Waals surface area contributed by atoms with E-state index in [0.29, 0.717) is 0 Å². The highest BCUT2D eigenvalue weighted by atomic mass is 15.2. The molecule has 0 fully saturated rings. The second-order valence-corrected chi connectivity index (χ2v) is 9.56. The molecule has 0 amide bonds. The van der Waals surface area contributed by atoms with Gasteiger partial charge in [0.15, 0.2) is 0 Å². The van der Waals surface area contributed by atoms with Crippen LogP contribution in [0.15, 0.2) is 72.8 Å². The normalized spacial score (nSPS) is 13.0. The summed E-state index contributed by atoms with van der Waals surface area (Å²) in [6.07, 6.45) is 4.66. The van der Waals surface area contributed by atoms with Crippen molar-refractivity contribution in [2.45, 2.75) is 65.7 Å². The maximum Gasteiger partial charge on any atom is 0.0240 e. The van der Waals surface area contributed by atoms with E-state index in [0.717, 1.165) is 26.2 Å². The summed E-state index contributed by atoms with van der Waals surface area (Å²) in [6, 6.07) is 21.5. The maximum atomic E-state index is 2.55. The molecule has 2 aromatic carbocycles. The predicted octanol–water partition coefficient (Wildman–Crippen LogP) is 6.14. The van der Waals surface area contributed by atoms with Crippen LogP contribution in [0.2, 0.25) is 0 Å².